The normalized spacial score (nSPS) is 11.7. The lowest BCUT2D eigenvalue weighted by Crippen LogP contribution is -2.21. The number of nitriles is 1. The highest BCUT2D eigenvalue weighted by Gasteiger charge is 2.13. The summed E-state index contributed by atoms with van der Waals surface area (Å²) in [6.45, 7) is 2.11. The van der Waals surface area contributed by atoms with Gasteiger partial charge in [-0.05, 0) is 42.8 Å². The van der Waals surface area contributed by atoms with E-state index >= 15 is 0 Å². The second-order valence-corrected chi connectivity index (χ2v) is 5.16. The van der Waals surface area contributed by atoms with Crippen molar-refractivity contribution in [1.82, 2.24) is 0 Å². The summed E-state index contributed by atoms with van der Waals surface area (Å²) in [4.78, 5) is 2.11. The van der Waals surface area contributed by atoms with E-state index in [1.54, 1.807) is 6.07 Å². The highest BCUT2D eigenvalue weighted by Crippen LogP contribution is 2.28. The van der Waals surface area contributed by atoms with Crippen LogP contribution in [-0.2, 0) is 0 Å². The van der Waals surface area contributed by atoms with Gasteiger partial charge in [0.05, 0.1) is 17.3 Å². The number of nitrogens with zero attached hydrogens (tertiary/aromatic N) is 2. The van der Waals surface area contributed by atoms with Gasteiger partial charge in [0.1, 0.15) is 6.07 Å². The zero-order valence-electron chi connectivity index (χ0n) is 11.5. The van der Waals surface area contributed by atoms with Crippen LogP contribution in [0, 0.1) is 11.3 Å². The molecule has 102 valence electrons. The number of nitrogen functional groups attached to an aromatic ring is 1. The van der Waals surface area contributed by atoms with Crippen molar-refractivity contribution < 1.29 is 0 Å². The SMILES string of the molecule is CC(c1ccc(Cl)cc1)N(C)c1ccc(C#N)c(N)c1. The molecule has 0 amide bonds. The van der Waals surface area contributed by atoms with Crippen LogP contribution in [0.1, 0.15) is 24.1 Å². The first-order chi connectivity index (χ1) is 9.52. The van der Waals surface area contributed by atoms with Gasteiger partial charge in [-0.2, -0.15) is 5.26 Å². The van der Waals surface area contributed by atoms with E-state index in [2.05, 4.69) is 17.9 Å². The zero-order chi connectivity index (χ0) is 14.7. The minimum Gasteiger partial charge on any atom is -0.398 e. The second kappa shape index (κ2) is 5.85. The third kappa shape index (κ3) is 2.87. The largest absolute Gasteiger partial charge is 0.398 e. The predicted molar refractivity (Wildman–Crippen MR) is 83.8 cm³/mol. The van der Waals surface area contributed by atoms with E-state index in [1.807, 2.05) is 43.4 Å². The number of halogens is 1. The Morgan fingerprint density at radius 2 is 1.85 bits per heavy atom. The van der Waals surface area contributed by atoms with Gasteiger partial charge in [-0.3, -0.25) is 0 Å². The Hall–Kier alpha value is -2.18. The van der Waals surface area contributed by atoms with Crippen LogP contribution in [0.15, 0.2) is 42.5 Å². The molecule has 1 atom stereocenters. The molecule has 0 aliphatic heterocycles. The molecule has 0 aliphatic carbocycles. The van der Waals surface area contributed by atoms with Crippen LogP contribution < -0.4 is 10.6 Å². The number of rotatable bonds is 3. The van der Waals surface area contributed by atoms with Crippen molar-refractivity contribution in [2.75, 3.05) is 17.7 Å². The molecular formula is C16H16ClN3. The summed E-state index contributed by atoms with van der Waals surface area (Å²) in [5.74, 6) is 0. The number of benzene rings is 2. The van der Waals surface area contributed by atoms with Crippen molar-refractivity contribution in [3.8, 4) is 6.07 Å². The fourth-order valence-corrected chi connectivity index (χ4v) is 2.19. The molecule has 1 unspecified atom stereocenters. The van der Waals surface area contributed by atoms with Crippen LogP contribution in [0.3, 0.4) is 0 Å². The van der Waals surface area contributed by atoms with Gasteiger partial charge in [0, 0.05) is 17.8 Å². The molecule has 3 nitrogen and oxygen atoms in total. The monoisotopic (exact) mass is 285 g/mol. The number of hydrogen-bond acceptors (Lipinski definition) is 3. The van der Waals surface area contributed by atoms with E-state index < -0.39 is 0 Å². The Balaban J connectivity index is 2.26. The molecule has 20 heavy (non-hydrogen) atoms. The van der Waals surface area contributed by atoms with E-state index in [0.29, 0.717) is 11.3 Å². The number of nitrogens with two attached hydrogens (primary N) is 1. The van der Waals surface area contributed by atoms with Crippen molar-refractivity contribution in [2.24, 2.45) is 0 Å². The molecule has 0 fully saturated rings. The minimum atomic E-state index is 0.180. The van der Waals surface area contributed by atoms with Crippen LogP contribution >= 0.6 is 11.6 Å². The zero-order valence-corrected chi connectivity index (χ0v) is 12.2. The molecule has 0 aliphatic rings. The molecule has 0 heterocycles. The van der Waals surface area contributed by atoms with Gasteiger partial charge in [-0.1, -0.05) is 23.7 Å². The topological polar surface area (TPSA) is 53.0 Å². The summed E-state index contributed by atoms with van der Waals surface area (Å²) in [5.41, 5.74) is 9.01. The predicted octanol–water partition coefficient (Wildman–Crippen LogP) is 3.99. The fraction of sp³-hybridized carbons (Fsp3) is 0.188. The molecule has 4 heteroatoms. The maximum Gasteiger partial charge on any atom is 0.101 e. The number of hydrogen-bond donors (Lipinski definition) is 1. The Morgan fingerprint density at radius 1 is 1.20 bits per heavy atom. The summed E-state index contributed by atoms with van der Waals surface area (Å²) in [6, 6.07) is 15.5. The van der Waals surface area contributed by atoms with Crippen LogP contribution in [0.4, 0.5) is 11.4 Å². The first-order valence-electron chi connectivity index (χ1n) is 6.31. The molecule has 0 saturated carbocycles. The average Bonchev–Trinajstić information content (AvgIpc) is 2.46. The van der Waals surface area contributed by atoms with Gasteiger partial charge in [0.15, 0.2) is 0 Å². The van der Waals surface area contributed by atoms with Gasteiger partial charge in [-0.15, -0.1) is 0 Å². The average molecular weight is 286 g/mol. The van der Waals surface area contributed by atoms with Gasteiger partial charge >= 0.3 is 0 Å². The fourth-order valence-electron chi connectivity index (χ4n) is 2.06. The molecule has 2 aromatic carbocycles. The summed E-state index contributed by atoms with van der Waals surface area (Å²) >= 11 is 5.91. The molecular weight excluding hydrogens is 270 g/mol. The molecule has 0 bridgehead atoms. The van der Waals surface area contributed by atoms with Gasteiger partial charge in [0.2, 0.25) is 0 Å². The third-order valence-corrected chi connectivity index (χ3v) is 3.75. The smallest absolute Gasteiger partial charge is 0.101 e. The molecule has 0 spiro atoms. The lowest BCUT2D eigenvalue weighted by molar-refractivity contribution is 0.740. The molecule has 0 saturated heterocycles. The first-order valence-corrected chi connectivity index (χ1v) is 6.68. The van der Waals surface area contributed by atoms with Crippen LogP contribution in [-0.4, -0.2) is 7.05 Å². The van der Waals surface area contributed by atoms with Crippen molar-refractivity contribution in [2.45, 2.75) is 13.0 Å². The summed E-state index contributed by atoms with van der Waals surface area (Å²) in [6.07, 6.45) is 0. The van der Waals surface area contributed by atoms with E-state index in [9.17, 15) is 0 Å². The van der Waals surface area contributed by atoms with Gasteiger partial charge in [0.25, 0.3) is 0 Å². The van der Waals surface area contributed by atoms with Crippen molar-refractivity contribution >= 4 is 23.0 Å². The first kappa shape index (κ1) is 14.2. The Morgan fingerprint density at radius 3 is 2.40 bits per heavy atom. The molecule has 0 aromatic heterocycles. The quantitative estimate of drug-likeness (QED) is 0.868. The van der Waals surface area contributed by atoms with E-state index in [1.165, 1.54) is 5.56 Å². The highest BCUT2D eigenvalue weighted by molar-refractivity contribution is 6.30. The third-order valence-electron chi connectivity index (χ3n) is 3.50. The Labute approximate surface area is 124 Å². The molecule has 2 N–H and O–H groups in total. The van der Waals surface area contributed by atoms with E-state index in [-0.39, 0.29) is 6.04 Å². The van der Waals surface area contributed by atoms with Gasteiger partial charge < -0.3 is 10.6 Å². The van der Waals surface area contributed by atoms with Crippen molar-refractivity contribution in [3.63, 3.8) is 0 Å². The van der Waals surface area contributed by atoms with Crippen LogP contribution in [0.2, 0.25) is 5.02 Å². The van der Waals surface area contributed by atoms with Crippen molar-refractivity contribution in [1.29, 1.82) is 5.26 Å². The number of anilines is 2. The Kier molecular flexibility index (Phi) is 4.16. The lowest BCUT2D eigenvalue weighted by Gasteiger charge is -2.27. The van der Waals surface area contributed by atoms with Crippen LogP contribution in [0.5, 0.6) is 0 Å². The summed E-state index contributed by atoms with van der Waals surface area (Å²) in [5, 5.41) is 9.63. The molecule has 2 aromatic rings. The van der Waals surface area contributed by atoms with Gasteiger partial charge in [-0.25, -0.2) is 0 Å². The molecule has 0 radical (unpaired) electrons. The summed E-state index contributed by atoms with van der Waals surface area (Å²) < 4.78 is 0. The standard InChI is InChI=1S/C16H16ClN3/c1-11(12-3-6-14(17)7-4-12)20(2)15-8-5-13(10-18)16(19)9-15/h3-9,11H,19H2,1-2H3. The maximum absolute atomic E-state index is 8.91. The molecule has 2 rings (SSSR count). The highest BCUT2D eigenvalue weighted by atomic mass is 35.5. The lowest BCUT2D eigenvalue weighted by atomic mass is 10.1. The van der Waals surface area contributed by atoms with E-state index in [4.69, 9.17) is 22.6 Å². The van der Waals surface area contributed by atoms with Crippen molar-refractivity contribution in [3.05, 3.63) is 58.6 Å². The van der Waals surface area contributed by atoms with Crippen LogP contribution in [0.25, 0.3) is 0 Å². The second-order valence-electron chi connectivity index (χ2n) is 4.72. The maximum atomic E-state index is 8.91. The Bertz CT molecular complexity index is 644. The summed E-state index contributed by atoms with van der Waals surface area (Å²) in [7, 11) is 2.00. The minimum absolute atomic E-state index is 0.180. The van der Waals surface area contributed by atoms with E-state index in [0.717, 1.165) is 10.7 Å².